The number of carboxylic acid groups (broad SMARTS) is 1. The number of likely N-dealkylation sites (tertiary alicyclic amines) is 1. The lowest BCUT2D eigenvalue weighted by atomic mass is 10.1. The average Bonchev–Trinajstić information content (AvgIpc) is 4.16. The molecule has 28 nitrogen and oxygen atoms in total. The summed E-state index contributed by atoms with van der Waals surface area (Å²) in [5.74, 6) is -4.77. The zero-order valence-corrected chi connectivity index (χ0v) is 47.2. The number of esters is 1. The summed E-state index contributed by atoms with van der Waals surface area (Å²) in [4.78, 5) is 108. The quantitative estimate of drug-likeness (QED) is 0.0283. The number of hydrogen-bond acceptors (Lipinski definition) is 21. The van der Waals surface area contributed by atoms with Crippen molar-refractivity contribution in [2.24, 2.45) is 11.5 Å². The monoisotopic (exact) mass is 1170 g/mol. The molecule has 2 aromatic rings. The Labute approximate surface area is 478 Å². The van der Waals surface area contributed by atoms with Crippen molar-refractivity contribution in [1.29, 1.82) is 0 Å². The number of unbranched alkanes of at least 4 members (excludes halogenated alkanes) is 1. The molecule has 1 fully saturated rings. The van der Waals surface area contributed by atoms with E-state index in [1.165, 1.54) is 24.1 Å². The Bertz CT molecular complexity index is 2180. The van der Waals surface area contributed by atoms with Crippen LogP contribution in [0.2, 0.25) is 0 Å². The molecule has 0 radical (unpaired) electrons. The van der Waals surface area contributed by atoms with Gasteiger partial charge in [-0.3, -0.25) is 38.5 Å². The molecule has 1 aliphatic rings. The fraction of sp³-hybridized carbons (Fsp3) is 0.685. The Morgan fingerprint density at radius 2 is 1.12 bits per heavy atom. The highest BCUT2D eigenvalue weighted by molar-refractivity contribution is 5.96. The lowest BCUT2D eigenvalue weighted by molar-refractivity contribution is -0.146. The number of hydrogen-bond donors (Lipinski definition) is 8. The van der Waals surface area contributed by atoms with Crippen molar-refractivity contribution in [3.63, 3.8) is 0 Å². The number of pyridine rings is 1. The van der Waals surface area contributed by atoms with E-state index in [1.54, 1.807) is 24.3 Å². The van der Waals surface area contributed by atoms with Crippen molar-refractivity contribution >= 4 is 58.3 Å². The Hall–Kier alpha value is -6.05. The van der Waals surface area contributed by atoms with E-state index in [1.807, 2.05) is 0 Å². The number of carbonyl (C=O) groups is 8. The van der Waals surface area contributed by atoms with Crippen LogP contribution in [0.25, 0.3) is 10.9 Å². The van der Waals surface area contributed by atoms with Gasteiger partial charge in [-0.2, -0.15) is 0 Å². The van der Waals surface area contributed by atoms with Gasteiger partial charge >= 0.3 is 11.9 Å². The van der Waals surface area contributed by atoms with E-state index < -0.39 is 66.2 Å². The van der Waals surface area contributed by atoms with Gasteiger partial charge in [0, 0.05) is 63.6 Å². The number of para-hydroxylation sites is 1. The number of nitrogens with zero attached hydrogens (tertiary/aromatic N) is 2. The summed E-state index contributed by atoms with van der Waals surface area (Å²) in [6.45, 7) is 8.06. The number of nitrogens with one attached hydrogen (secondary N) is 5. The minimum absolute atomic E-state index is 0.0264. The van der Waals surface area contributed by atoms with E-state index >= 15 is 0 Å². The normalized spacial score (nSPS) is 14.2. The van der Waals surface area contributed by atoms with E-state index in [4.69, 9.17) is 58.8 Å². The van der Waals surface area contributed by atoms with Crippen LogP contribution in [-0.2, 0) is 81.0 Å². The van der Waals surface area contributed by atoms with Crippen LogP contribution in [0.4, 0.5) is 0 Å². The molecule has 462 valence electrons. The first-order valence-electron chi connectivity index (χ1n) is 28.0. The highest BCUT2D eigenvalue weighted by Crippen LogP contribution is 2.24. The molecule has 82 heavy (non-hydrogen) atoms. The molecule has 0 bridgehead atoms. The van der Waals surface area contributed by atoms with Gasteiger partial charge in [0.05, 0.1) is 131 Å². The van der Waals surface area contributed by atoms with Crippen LogP contribution in [0, 0.1) is 0 Å². The highest BCUT2D eigenvalue weighted by atomic mass is 16.6. The minimum atomic E-state index is -1.46. The first kappa shape index (κ1) is 70.2. The van der Waals surface area contributed by atoms with Gasteiger partial charge < -0.3 is 95.4 Å². The summed E-state index contributed by atoms with van der Waals surface area (Å²) in [6, 6.07) is 4.20. The standard InChI is InChI=1S/C54H87N9O19/c1-40(54(72)82-46-11-18-57-42-8-3-2-7-41(42)46)60-52(70)45-10-6-20-63(45)53(71)44(39-50(67)68)62-49(66)14-23-75-29-35-81-38-32-78-26-19-59-51(69)43(61-48(65)13-22-74-28-34-80-37-31-77-25-16-56)9-4-5-17-58-47(64)12-21-73-27-33-79-36-30-76-24-15-55/h2-3,7-8,11,18,40,43-45H,4-6,9-10,12-17,19-39,55-56H2,1H3,(H,58,64)(H,59,69)(H,60,70)(H,61,65)(H,62,66)(H,67,68)/t40-,43-,44-,45-/m0/s1. The van der Waals surface area contributed by atoms with Crippen molar-refractivity contribution in [3.8, 4) is 5.75 Å². The maximum atomic E-state index is 13.6. The van der Waals surface area contributed by atoms with Gasteiger partial charge in [-0.15, -0.1) is 0 Å². The summed E-state index contributed by atoms with van der Waals surface area (Å²) >= 11 is 0. The molecule has 2 heterocycles. The molecule has 10 N–H and O–H groups in total. The van der Waals surface area contributed by atoms with Crippen LogP contribution in [-0.4, -0.2) is 238 Å². The van der Waals surface area contributed by atoms with Crippen LogP contribution in [0.1, 0.15) is 64.7 Å². The number of ether oxygens (including phenoxy) is 10. The smallest absolute Gasteiger partial charge is 0.333 e. The van der Waals surface area contributed by atoms with Gasteiger partial charge in [-0.1, -0.05) is 12.1 Å². The van der Waals surface area contributed by atoms with Crippen LogP contribution in [0.15, 0.2) is 36.5 Å². The fourth-order valence-electron chi connectivity index (χ4n) is 7.85. The summed E-state index contributed by atoms with van der Waals surface area (Å²) in [5.41, 5.74) is 11.4. The molecule has 1 saturated heterocycles. The number of amides is 6. The van der Waals surface area contributed by atoms with Crippen molar-refractivity contribution < 1.29 is 90.8 Å². The predicted octanol–water partition coefficient (Wildman–Crippen LogP) is -1.28. The second kappa shape index (κ2) is 44.5. The predicted molar refractivity (Wildman–Crippen MR) is 295 cm³/mol. The molecular formula is C54H87N9O19. The van der Waals surface area contributed by atoms with Crippen LogP contribution in [0.5, 0.6) is 5.75 Å². The largest absolute Gasteiger partial charge is 0.481 e. The van der Waals surface area contributed by atoms with E-state index in [2.05, 4.69) is 31.6 Å². The van der Waals surface area contributed by atoms with Gasteiger partial charge in [0.25, 0.3) is 0 Å². The van der Waals surface area contributed by atoms with Gasteiger partial charge in [0.15, 0.2) is 0 Å². The fourth-order valence-corrected chi connectivity index (χ4v) is 7.85. The van der Waals surface area contributed by atoms with Gasteiger partial charge in [0.1, 0.15) is 29.9 Å². The maximum absolute atomic E-state index is 13.6. The molecule has 1 aliphatic heterocycles. The van der Waals surface area contributed by atoms with Crippen molar-refractivity contribution in [3.05, 3.63) is 36.5 Å². The molecule has 0 saturated carbocycles. The molecule has 3 rings (SSSR count). The number of aromatic nitrogens is 1. The SMILES string of the molecule is C[C@H](NC(=O)[C@@H]1CCCN1C(=O)[C@H](CC(=O)O)NC(=O)CCOCCOCCOCCNC(=O)[C@H](CCCCNC(=O)CCOCCOCCOCCN)NC(=O)CCOCCOCCOCCN)C(=O)Oc1ccnc2ccccc12. The lowest BCUT2D eigenvalue weighted by Gasteiger charge is -2.28. The van der Waals surface area contributed by atoms with Crippen molar-refractivity contribution in [2.75, 3.05) is 152 Å². The van der Waals surface area contributed by atoms with Crippen molar-refractivity contribution in [2.45, 2.75) is 88.9 Å². The number of rotatable bonds is 49. The number of fused-ring (bicyclic) bond motifs is 1. The van der Waals surface area contributed by atoms with E-state index in [9.17, 15) is 43.5 Å². The second-order valence-electron chi connectivity index (χ2n) is 18.5. The molecule has 1 aromatic carbocycles. The number of nitrogens with two attached hydrogens (primary N) is 2. The van der Waals surface area contributed by atoms with Crippen LogP contribution < -0.4 is 42.8 Å². The summed E-state index contributed by atoms with van der Waals surface area (Å²) in [7, 11) is 0. The summed E-state index contributed by atoms with van der Waals surface area (Å²) in [5, 5.41) is 23.7. The third-order valence-corrected chi connectivity index (χ3v) is 12.0. The van der Waals surface area contributed by atoms with Crippen LogP contribution >= 0.6 is 0 Å². The first-order chi connectivity index (χ1) is 39.8. The van der Waals surface area contributed by atoms with E-state index in [0.29, 0.717) is 116 Å². The minimum Gasteiger partial charge on any atom is -0.481 e. The van der Waals surface area contributed by atoms with E-state index in [-0.39, 0.29) is 116 Å². The summed E-state index contributed by atoms with van der Waals surface area (Å²) < 4.78 is 54.4. The molecule has 4 atom stereocenters. The molecule has 28 heteroatoms. The molecule has 1 aromatic heterocycles. The third-order valence-electron chi connectivity index (χ3n) is 12.0. The highest BCUT2D eigenvalue weighted by Gasteiger charge is 2.39. The lowest BCUT2D eigenvalue weighted by Crippen LogP contribution is -2.55. The van der Waals surface area contributed by atoms with Crippen molar-refractivity contribution in [1.82, 2.24) is 36.5 Å². The Morgan fingerprint density at radius 3 is 1.68 bits per heavy atom. The zero-order valence-electron chi connectivity index (χ0n) is 47.2. The number of benzene rings is 1. The Kier molecular flexibility index (Phi) is 38.1. The molecule has 0 aliphatic carbocycles. The molecule has 0 unspecified atom stereocenters. The molecule has 6 amide bonds. The Morgan fingerprint density at radius 1 is 0.610 bits per heavy atom. The first-order valence-corrected chi connectivity index (χ1v) is 28.0. The maximum Gasteiger partial charge on any atom is 0.333 e. The van der Waals surface area contributed by atoms with Crippen LogP contribution in [0.3, 0.4) is 0 Å². The molecular weight excluding hydrogens is 1080 g/mol. The number of carbonyl (C=O) groups excluding carboxylic acids is 7. The number of carboxylic acids is 1. The van der Waals surface area contributed by atoms with Gasteiger partial charge in [-0.05, 0) is 57.2 Å². The van der Waals surface area contributed by atoms with Gasteiger partial charge in [0.2, 0.25) is 35.4 Å². The summed E-state index contributed by atoms with van der Waals surface area (Å²) in [6.07, 6.45) is 2.88. The van der Waals surface area contributed by atoms with Gasteiger partial charge in [-0.25, -0.2) is 4.79 Å². The molecule has 0 spiro atoms. The third kappa shape index (κ3) is 31.4. The topological polar surface area (TPSA) is 377 Å². The van der Waals surface area contributed by atoms with E-state index in [0.717, 1.165) is 0 Å². The zero-order chi connectivity index (χ0) is 59.4. The number of aliphatic carboxylic acids is 1. The Balaban J connectivity index is 1.30. The average molecular weight is 1170 g/mol. The second-order valence-corrected chi connectivity index (χ2v) is 18.5.